The first kappa shape index (κ1) is 12.9. The first-order valence-corrected chi connectivity index (χ1v) is 6.58. The minimum absolute atomic E-state index is 0.274. The lowest BCUT2D eigenvalue weighted by atomic mass is 9.95. The Kier molecular flexibility index (Phi) is 4.42. The largest absolute Gasteiger partial charge is 0.496 e. The highest BCUT2D eigenvalue weighted by atomic mass is 79.9. The van der Waals surface area contributed by atoms with Gasteiger partial charge in [0.1, 0.15) is 5.75 Å². The molecule has 0 radical (unpaired) electrons. The molecule has 2 rings (SSSR count). The van der Waals surface area contributed by atoms with E-state index >= 15 is 0 Å². The van der Waals surface area contributed by atoms with Crippen LogP contribution in [0.25, 0.3) is 0 Å². The molecule has 1 aromatic rings. The smallest absolute Gasteiger partial charge is 0.133 e. The molecule has 4 heteroatoms. The molecule has 1 saturated heterocycles. The molecular formula is C13H17BrO3. The molecule has 1 aliphatic heterocycles. The van der Waals surface area contributed by atoms with E-state index in [0.29, 0.717) is 13.0 Å². The summed E-state index contributed by atoms with van der Waals surface area (Å²) in [6, 6.07) is 5.90. The third-order valence-electron chi connectivity index (χ3n) is 3.17. The van der Waals surface area contributed by atoms with Crippen molar-refractivity contribution in [3.8, 4) is 5.75 Å². The monoisotopic (exact) mass is 300 g/mol. The van der Waals surface area contributed by atoms with Crippen LogP contribution in [0.4, 0.5) is 0 Å². The SMILES string of the molecule is COc1ccc(CC(O)C2CCOC2)cc1Br. The van der Waals surface area contributed by atoms with Gasteiger partial charge in [0.2, 0.25) is 0 Å². The molecule has 94 valence electrons. The average molecular weight is 301 g/mol. The Morgan fingerprint density at radius 2 is 2.41 bits per heavy atom. The van der Waals surface area contributed by atoms with Crippen molar-refractivity contribution in [2.75, 3.05) is 20.3 Å². The molecule has 0 bridgehead atoms. The summed E-state index contributed by atoms with van der Waals surface area (Å²) in [5.41, 5.74) is 1.11. The van der Waals surface area contributed by atoms with Gasteiger partial charge in [0, 0.05) is 12.5 Å². The fourth-order valence-corrected chi connectivity index (χ4v) is 2.69. The lowest BCUT2D eigenvalue weighted by Crippen LogP contribution is -2.22. The van der Waals surface area contributed by atoms with Gasteiger partial charge in [-0.15, -0.1) is 0 Å². The standard InChI is InChI=1S/C13H17BrO3/c1-16-13-3-2-9(6-11(13)14)7-12(15)10-4-5-17-8-10/h2-3,6,10,12,15H,4-5,7-8H2,1H3. The van der Waals surface area contributed by atoms with E-state index in [1.54, 1.807) is 7.11 Å². The average Bonchev–Trinajstić information content (AvgIpc) is 2.82. The van der Waals surface area contributed by atoms with Gasteiger partial charge in [-0.1, -0.05) is 6.07 Å². The zero-order valence-electron chi connectivity index (χ0n) is 9.86. The van der Waals surface area contributed by atoms with E-state index in [1.165, 1.54) is 0 Å². The molecule has 1 fully saturated rings. The number of ether oxygens (including phenoxy) is 2. The minimum atomic E-state index is -0.321. The maximum Gasteiger partial charge on any atom is 0.133 e. The molecule has 3 nitrogen and oxygen atoms in total. The third-order valence-corrected chi connectivity index (χ3v) is 3.79. The van der Waals surface area contributed by atoms with Crippen molar-refractivity contribution in [1.29, 1.82) is 0 Å². The topological polar surface area (TPSA) is 38.7 Å². The normalized spacial score (nSPS) is 21.5. The molecule has 0 amide bonds. The summed E-state index contributed by atoms with van der Waals surface area (Å²) in [6.07, 6.45) is 1.30. The van der Waals surface area contributed by atoms with Gasteiger partial charge in [-0.05, 0) is 46.5 Å². The summed E-state index contributed by atoms with van der Waals surface area (Å²) < 4.78 is 11.4. The number of methoxy groups -OCH3 is 1. The van der Waals surface area contributed by atoms with Crippen molar-refractivity contribution in [1.82, 2.24) is 0 Å². The first-order valence-electron chi connectivity index (χ1n) is 5.79. The zero-order chi connectivity index (χ0) is 12.3. The van der Waals surface area contributed by atoms with Gasteiger partial charge in [0.05, 0.1) is 24.3 Å². The Bertz CT molecular complexity index is 375. The van der Waals surface area contributed by atoms with Crippen LogP contribution in [0.2, 0.25) is 0 Å². The van der Waals surface area contributed by atoms with Crippen molar-refractivity contribution >= 4 is 15.9 Å². The second-order valence-electron chi connectivity index (χ2n) is 4.36. The number of hydrogen-bond acceptors (Lipinski definition) is 3. The lowest BCUT2D eigenvalue weighted by molar-refractivity contribution is 0.0918. The highest BCUT2D eigenvalue weighted by molar-refractivity contribution is 9.10. The van der Waals surface area contributed by atoms with E-state index in [2.05, 4.69) is 15.9 Å². The maximum absolute atomic E-state index is 10.1. The van der Waals surface area contributed by atoms with Crippen LogP contribution in [0, 0.1) is 5.92 Å². The Morgan fingerprint density at radius 1 is 1.59 bits per heavy atom. The summed E-state index contributed by atoms with van der Waals surface area (Å²) in [6.45, 7) is 1.45. The van der Waals surface area contributed by atoms with Crippen LogP contribution in [0.1, 0.15) is 12.0 Å². The van der Waals surface area contributed by atoms with Crippen molar-refractivity contribution < 1.29 is 14.6 Å². The number of benzene rings is 1. The number of hydrogen-bond donors (Lipinski definition) is 1. The molecule has 1 heterocycles. The van der Waals surface area contributed by atoms with Gasteiger partial charge in [0.25, 0.3) is 0 Å². The zero-order valence-corrected chi connectivity index (χ0v) is 11.4. The number of rotatable bonds is 4. The van der Waals surface area contributed by atoms with Gasteiger partial charge in [-0.3, -0.25) is 0 Å². The van der Waals surface area contributed by atoms with Crippen LogP contribution in [-0.2, 0) is 11.2 Å². The highest BCUT2D eigenvalue weighted by Crippen LogP contribution is 2.27. The van der Waals surface area contributed by atoms with Crippen molar-refractivity contribution in [2.24, 2.45) is 5.92 Å². The fourth-order valence-electron chi connectivity index (χ4n) is 2.10. The van der Waals surface area contributed by atoms with Gasteiger partial charge in [-0.25, -0.2) is 0 Å². The fraction of sp³-hybridized carbons (Fsp3) is 0.538. The lowest BCUT2D eigenvalue weighted by Gasteiger charge is -2.16. The molecule has 1 aromatic carbocycles. The molecule has 0 aromatic heterocycles. The van der Waals surface area contributed by atoms with Crippen LogP contribution in [-0.4, -0.2) is 31.5 Å². The molecule has 0 aliphatic carbocycles. The van der Waals surface area contributed by atoms with Gasteiger partial charge in [-0.2, -0.15) is 0 Å². The van der Waals surface area contributed by atoms with Gasteiger partial charge < -0.3 is 14.6 Å². The molecule has 1 aliphatic rings. The van der Waals surface area contributed by atoms with Crippen molar-refractivity contribution in [2.45, 2.75) is 18.9 Å². The molecule has 0 saturated carbocycles. The predicted molar refractivity (Wildman–Crippen MR) is 69.3 cm³/mol. The van der Waals surface area contributed by atoms with Crippen molar-refractivity contribution in [3.63, 3.8) is 0 Å². The third kappa shape index (κ3) is 3.21. The Labute approximate surface area is 110 Å². The highest BCUT2D eigenvalue weighted by Gasteiger charge is 2.24. The van der Waals surface area contributed by atoms with Crippen LogP contribution >= 0.6 is 15.9 Å². The quantitative estimate of drug-likeness (QED) is 0.928. The molecule has 2 atom stereocenters. The molecule has 1 N–H and O–H groups in total. The van der Waals surface area contributed by atoms with Crippen LogP contribution in [0.3, 0.4) is 0 Å². The van der Waals surface area contributed by atoms with E-state index in [1.807, 2.05) is 18.2 Å². The van der Waals surface area contributed by atoms with Crippen molar-refractivity contribution in [3.05, 3.63) is 28.2 Å². The Morgan fingerprint density at radius 3 is 3.00 bits per heavy atom. The second kappa shape index (κ2) is 5.85. The van der Waals surface area contributed by atoms with E-state index in [9.17, 15) is 5.11 Å². The van der Waals surface area contributed by atoms with E-state index in [-0.39, 0.29) is 12.0 Å². The van der Waals surface area contributed by atoms with Crippen LogP contribution < -0.4 is 4.74 Å². The van der Waals surface area contributed by atoms with Gasteiger partial charge >= 0.3 is 0 Å². The molecule has 2 unspecified atom stereocenters. The van der Waals surface area contributed by atoms with E-state index in [0.717, 1.165) is 28.8 Å². The summed E-state index contributed by atoms with van der Waals surface area (Å²) in [4.78, 5) is 0. The molecular weight excluding hydrogens is 284 g/mol. The summed E-state index contributed by atoms with van der Waals surface area (Å²) in [7, 11) is 1.64. The van der Waals surface area contributed by atoms with Gasteiger partial charge in [0.15, 0.2) is 0 Å². The number of halogens is 1. The van der Waals surface area contributed by atoms with Crippen LogP contribution in [0.15, 0.2) is 22.7 Å². The summed E-state index contributed by atoms with van der Waals surface area (Å²) >= 11 is 3.45. The predicted octanol–water partition coefficient (Wildman–Crippen LogP) is 2.40. The number of aliphatic hydroxyl groups excluding tert-OH is 1. The molecule has 0 spiro atoms. The first-order chi connectivity index (χ1) is 8.20. The van der Waals surface area contributed by atoms with Crippen LogP contribution in [0.5, 0.6) is 5.75 Å². The molecule has 17 heavy (non-hydrogen) atoms. The Hall–Kier alpha value is -0.580. The Balaban J connectivity index is 2.00. The summed E-state index contributed by atoms with van der Waals surface area (Å²) in [5.74, 6) is 1.09. The number of aliphatic hydroxyl groups is 1. The van der Waals surface area contributed by atoms with E-state index in [4.69, 9.17) is 9.47 Å². The second-order valence-corrected chi connectivity index (χ2v) is 5.22. The maximum atomic E-state index is 10.1. The minimum Gasteiger partial charge on any atom is -0.496 e. The van der Waals surface area contributed by atoms with E-state index < -0.39 is 0 Å². The summed E-state index contributed by atoms with van der Waals surface area (Å²) in [5, 5.41) is 10.1.